The zero-order valence-electron chi connectivity index (χ0n) is 15.6. The number of ether oxygens (including phenoxy) is 2. The summed E-state index contributed by atoms with van der Waals surface area (Å²) in [5.41, 5.74) is 5.53. The highest BCUT2D eigenvalue weighted by atomic mass is 79.9. The van der Waals surface area contributed by atoms with Crippen LogP contribution in [0.15, 0.2) is 46.9 Å². The van der Waals surface area contributed by atoms with Crippen LogP contribution in [-0.4, -0.2) is 35.1 Å². The molecule has 0 saturated carbocycles. The molecule has 2 rings (SSSR count). The molecule has 0 saturated heterocycles. The monoisotopic (exact) mass is 496 g/mol. The average molecular weight is 497 g/mol. The molecule has 12 heteroatoms. The number of halogens is 1. The number of non-ortho nitro benzene ring substituents is 1. The fourth-order valence-electron chi connectivity index (χ4n) is 2.03. The molecular weight excluding hydrogens is 480 g/mol. The predicted molar refractivity (Wildman–Crippen MR) is 115 cm³/mol. The van der Waals surface area contributed by atoms with E-state index in [9.17, 15) is 19.7 Å². The molecule has 0 spiro atoms. The second kappa shape index (κ2) is 11.1. The predicted octanol–water partition coefficient (Wildman–Crippen LogP) is 2.15. The van der Waals surface area contributed by atoms with Crippen LogP contribution in [0.1, 0.15) is 5.56 Å². The normalized spacial score (nSPS) is 9.93. The van der Waals surface area contributed by atoms with Gasteiger partial charge < -0.3 is 9.47 Å². The van der Waals surface area contributed by atoms with Gasteiger partial charge in [-0.2, -0.15) is 0 Å². The van der Waals surface area contributed by atoms with Crippen LogP contribution in [0.25, 0.3) is 0 Å². The molecule has 30 heavy (non-hydrogen) atoms. The van der Waals surface area contributed by atoms with E-state index < -0.39 is 16.7 Å². The first-order chi connectivity index (χ1) is 14.2. The molecular formula is C18H17BrN4O6S. The number of thiocarbonyl (C=S) groups is 1. The van der Waals surface area contributed by atoms with E-state index in [0.29, 0.717) is 5.75 Å². The summed E-state index contributed by atoms with van der Waals surface area (Å²) >= 11 is 8.28. The van der Waals surface area contributed by atoms with Gasteiger partial charge in [0.1, 0.15) is 11.5 Å². The SMILES string of the molecule is Cc1cc(OCC(=O)NNC(=S)NC(=O)COc2ccc([N+](=O)[O-])cc2)ccc1Br. The number of carbonyl (C=O) groups is 2. The minimum absolute atomic E-state index is 0.0906. The van der Waals surface area contributed by atoms with Crippen molar-refractivity contribution in [3.63, 3.8) is 0 Å². The molecule has 0 radical (unpaired) electrons. The largest absolute Gasteiger partial charge is 0.484 e. The Hall–Kier alpha value is -3.25. The van der Waals surface area contributed by atoms with E-state index >= 15 is 0 Å². The summed E-state index contributed by atoms with van der Waals surface area (Å²) in [5.74, 6) is -0.274. The van der Waals surface area contributed by atoms with Crippen molar-refractivity contribution in [1.82, 2.24) is 16.2 Å². The maximum absolute atomic E-state index is 11.8. The molecule has 0 heterocycles. The zero-order valence-corrected chi connectivity index (χ0v) is 18.0. The van der Waals surface area contributed by atoms with Gasteiger partial charge in [-0.05, 0) is 55.0 Å². The Morgan fingerprint density at radius 1 is 1.03 bits per heavy atom. The van der Waals surface area contributed by atoms with Gasteiger partial charge in [-0.1, -0.05) is 15.9 Å². The second-order valence-electron chi connectivity index (χ2n) is 5.79. The minimum atomic E-state index is -0.582. The topological polar surface area (TPSA) is 132 Å². The molecule has 0 unspecified atom stereocenters. The van der Waals surface area contributed by atoms with Crippen molar-refractivity contribution in [2.75, 3.05) is 13.2 Å². The van der Waals surface area contributed by atoms with Gasteiger partial charge in [-0.15, -0.1) is 0 Å². The molecule has 0 aliphatic heterocycles. The van der Waals surface area contributed by atoms with Gasteiger partial charge in [0.05, 0.1) is 4.92 Å². The number of rotatable bonds is 7. The Kier molecular flexibility index (Phi) is 8.50. The van der Waals surface area contributed by atoms with Crippen LogP contribution < -0.4 is 25.6 Å². The van der Waals surface area contributed by atoms with Crippen molar-refractivity contribution in [1.29, 1.82) is 0 Å². The first kappa shape index (κ1) is 23.0. The molecule has 0 atom stereocenters. The minimum Gasteiger partial charge on any atom is -0.484 e. The van der Waals surface area contributed by atoms with E-state index in [1.807, 2.05) is 13.0 Å². The molecule has 2 amide bonds. The number of nitrogens with zero attached hydrogens (tertiary/aromatic N) is 1. The lowest BCUT2D eigenvalue weighted by Crippen LogP contribution is -2.50. The number of nitrogens with one attached hydrogen (secondary N) is 3. The summed E-state index contributed by atoms with van der Waals surface area (Å²) in [5, 5.41) is 12.8. The molecule has 158 valence electrons. The number of hydrogen-bond donors (Lipinski definition) is 3. The van der Waals surface area contributed by atoms with E-state index in [-0.39, 0.29) is 29.8 Å². The maximum Gasteiger partial charge on any atom is 0.276 e. The molecule has 2 aromatic carbocycles. The first-order valence-corrected chi connectivity index (χ1v) is 9.59. The van der Waals surface area contributed by atoms with Crippen molar-refractivity contribution in [2.45, 2.75) is 6.92 Å². The summed E-state index contributed by atoms with van der Waals surface area (Å²) in [6.07, 6.45) is 0. The third-order valence-corrected chi connectivity index (χ3v) is 4.58. The molecule has 0 aromatic heterocycles. The van der Waals surface area contributed by atoms with Crippen molar-refractivity contribution in [3.05, 3.63) is 62.6 Å². The summed E-state index contributed by atoms with van der Waals surface area (Å²) in [6, 6.07) is 10.6. The third-order valence-electron chi connectivity index (χ3n) is 3.49. The molecule has 0 bridgehead atoms. The molecule has 10 nitrogen and oxygen atoms in total. The highest BCUT2D eigenvalue weighted by Crippen LogP contribution is 2.21. The van der Waals surface area contributed by atoms with Crippen LogP contribution in [-0.2, 0) is 9.59 Å². The Morgan fingerprint density at radius 3 is 2.27 bits per heavy atom. The average Bonchev–Trinajstić information content (AvgIpc) is 2.72. The van der Waals surface area contributed by atoms with E-state index in [1.165, 1.54) is 24.3 Å². The zero-order chi connectivity index (χ0) is 22.1. The van der Waals surface area contributed by atoms with Crippen molar-refractivity contribution < 1.29 is 24.0 Å². The van der Waals surface area contributed by atoms with Gasteiger partial charge in [0.25, 0.3) is 17.5 Å². The van der Waals surface area contributed by atoms with Crippen LogP contribution in [0, 0.1) is 17.0 Å². The Balaban J connectivity index is 1.66. The van der Waals surface area contributed by atoms with Crippen molar-refractivity contribution in [2.24, 2.45) is 0 Å². The summed E-state index contributed by atoms with van der Waals surface area (Å²) in [6.45, 7) is 1.26. The van der Waals surface area contributed by atoms with E-state index in [0.717, 1.165) is 10.0 Å². The number of nitro benzene ring substituents is 1. The number of hydrogen-bond acceptors (Lipinski definition) is 7. The molecule has 0 aliphatic rings. The summed E-state index contributed by atoms with van der Waals surface area (Å²) in [7, 11) is 0. The lowest BCUT2D eigenvalue weighted by Gasteiger charge is -2.12. The second-order valence-corrected chi connectivity index (χ2v) is 7.05. The molecule has 0 aliphatic carbocycles. The van der Waals surface area contributed by atoms with E-state index in [1.54, 1.807) is 12.1 Å². The van der Waals surface area contributed by atoms with Gasteiger partial charge in [-0.3, -0.25) is 35.9 Å². The highest BCUT2D eigenvalue weighted by Gasteiger charge is 2.09. The maximum atomic E-state index is 11.8. The van der Waals surface area contributed by atoms with E-state index in [4.69, 9.17) is 21.7 Å². The number of amides is 2. The smallest absolute Gasteiger partial charge is 0.276 e. The number of aryl methyl sites for hydroxylation is 1. The van der Waals surface area contributed by atoms with Crippen LogP contribution >= 0.6 is 28.1 Å². The lowest BCUT2D eigenvalue weighted by atomic mass is 10.2. The van der Waals surface area contributed by atoms with E-state index in [2.05, 4.69) is 32.1 Å². The van der Waals surface area contributed by atoms with Crippen LogP contribution in [0.5, 0.6) is 11.5 Å². The molecule has 2 aromatic rings. The fraction of sp³-hybridized carbons (Fsp3) is 0.167. The van der Waals surface area contributed by atoms with Gasteiger partial charge in [0.15, 0.2) is 18.3 Å². The van der Waals surface area contributed by atoms with Crippen molar-refractivity contribution >= 4 is 50.8 Å². The third kappa shape index (κ3) is 7.64. The summed E-state index contributed by atoms with van der Waals surface area (Å²) in [4.78, 5) is 33.6. The number of nitro groups is 1. The number of hydrazine groups is 1. The Bertz CT molecular complexity index is 954. The van der Waals surface area contributed by atoms with Gasteiger partial charge in [0.2, 0.25) is 0 Å². The van der Waals surface area contributed by atoms with Gasteiger partial charge in [-0.25, -0.2) is 0 Å². The first-order valence-electron chi connectivity index (χ1n) is 8.39. The number of carbonyl (C=O) groups excluding carboxylic acids is 2. The van der Waals surface area contributed by atoms with Gasteiger partial charge >= 0.3 is 0 Å². The lowest BCUT2D eigenvalue weighted by molar-refractivity contribution is -0.384. The van der Waals surface area contributed by atoms with Crippen molar-refractivity contribution in [3.8, 4) is 11.5 Å². The molecule has 0 fully saturated rings. The standard InChI is InChI=1S/C18H17BrN4O6S/c1-11-8-14(6-7-15(11)19)29-10-17(25)21-22-18(30)20-16(24)9-28-13-4-2-12(3-5-13)23(26)27/h2-8H,9-10H2,1H3,(H,21,25)(H2,20,22,24,30). The Labute approximate surface area is 185 Å². The summed E-state index contributed by atoms with van der Waals surface area (Å²) < 4.78 is 11.5. The van der Waals surface area contributed by atoms with Crippen LogP contribution in [0.3, 0.4) is 0 Å². The molecule has 3 N–H and O–H groups in total. The Morgan fingerprint density at radius 2 is 1.63 bits per heavy atom. The fourth-order valence-corrected chi connectivity index (χ4v) is 2.44. The van der Waals surface area contributed by atoms with Crippen LogP contribution in [0.4, 0.5) is 5.69 Å². The number of benzene rings is 2. The van der Waals surface area contributed by atoms with Crippen LogP contribution in [0.2, 0.25) is 0 Å². The quantitative estimate of drug-likeness (QED) is 0.301. The van der Waals surface area contributed by atoms with Gasteiger partial charge in [0, 0.05) is 16.6 Å². The highest BCUT2D eigenvalue weighted by molar-refractivity contribution is 9.10.